The molecule has 0 fully saturated rings. The monoisotopic (exact) mass is 302 g/mol. The molecular weight excluding hydrogens is 284 g/mol. The summed E-state index contributed by atoms with van der Waals surface area (Å²) >= 11 is 4.85. The fourth-order valence-electron chi connectivity index (χ4n) is 1.73. The SMILES string of the molecule is Cc1cc(C(N)=S)ccc1S(=O)(=O)N(C)CC(C)O. The molecule has 0 amide bonds. The van der Waals surface area contributed by atoms with Crippen LogP contribution in [0.25, 0.3) is 0 Å². The van der Waals surface area contributed by atoms with E-state index in [-0.39, 0.29) is 16.4 Å². The van der Waals surface area contributed by atoms with E-state index in [9.17, 15) is 13.5 Å². The molecule has 7 heteroatoms. The minimum Gasteiger partial charge on any atom is -0.392 e. The number of hydrogen-bond acceptors (Lipinski definition) is 4. The van der Waals surface area contributed by atoms with Crippen molar-refractivity contribution in [1.82, 2.24) is 4.31 Å². The second-order valence-corrected chi connectivity index (χ2v) is 6.93. The van der Waals surface area contributed by atoms with Crippen molar-refractivity contribution < 1.29 is 13.5 Å². The Hall–Kier alpha value is -1.02. The van der Waals surface area contributed by atoms with Crippen LogP contribution in [0.2, 0.25) is 0 Å². The Morgan fingerprint density at radius 2 is 2.11 bits per heavy atom. The van der Waals surface area contributed by atoms with Gasteiger partial charge in [0.15, 0.2) is 0 Å². The first kappa shape index (κ1) is 16.0. The lowest BCUT2D eigenvalue weighted by molar-refractivity contribution is 0.171. The smallest absolute Gasteiger partial charge is 0.243 e. The van der Waals surface area contributed by atoms with Gasteiger partial charge in [0, 0.05) is 19.2 Å². The molecule has 0 radical (unpaired) electrons. The average Bonchev–Trinajstić information content (AvgIpc) is 2.27. The van der Waals surface area contributed by atoms with Gasteiger partial charge in [-0.3, -0.25) is 0 Å². The number of aliphatic hydroxyl groups is 1. The number of benzene rings is 1. The number of aryl methyl sites for hydroxylation is 1. The maximum atomic E-state index is 12.3. The lowest BCUT2D eigenvalue weighted by Gasteiger charge is -2.20. The molecule has 1 atom stereocenters. The molecule has 5 nitrogen and oxygen atoms in total. The zero-order valence-corrected chi connectivity index (χ0v) is 12.8. The first-order chi connectivity index (χ1) is 8.66. The number of aliphatic hydroxyl groups excluding tert-OH is 1. The second kappa shape index (κ2) is 5.96. The van der Waals surface area contributed by atoms with Crippen LogP contribution in [0, 0.1) is 6.92 Å². The summed E-state index contributed by atoms with van der Waals surface area (Å²) in [7, 11) is -2.18. The number of sulfonamides is 1. The van der Waals surface area contributed by atoms with E-state index >= 15 is 0 Å². The van der Waals surface area contributed by atoms with Crippen molar-refractivity contribution in [3.8, 4) is 0 Å². The molecule has 0 aliphatic heterocycles. The van der Waals surface area contributed by atoms with Crippen molar-refractivity contribution in [3.63, 3.8) is 0 Å². The highest BCUT2D eigenvalue weighted by molar-refractivity contribution is 7.89. The summed E-state index contributed by atoms with van der Waals surface area (Å²) in [6.45, 7) is 3.26. The van der Waals surface area contributed by atoms with E-state index in [0.717, 1.165) is 4.31 Å². The van der Waals surface area contributed by atoms with Gasteiger partial charge >= 0.3 is 0 Å². The highest BCUT2D eigenvalue weighted by atomic mass is 32.2. The molecule has 3 N–H and O–H groups in total. The van der Waals surface area contributed by atoms with Gasteiger partial charge < -0.3 is 10.8 Å². The molecule has 1 aromatic rings. The molecule has 1 unspecified atom stereocenters. The van der Waals surface area contributed by atoms with Crippen LogP contribution in [0.5, 0.6) is 0 Å². The van der Waals surface area contributed by atoms with Gasteiger partial charge in [0.05, 0.1) is 11.0 Å². The summed E-state index contributed by atoms with van der Waals surface area (Å²) in [6, 6.07) is 4.71. The number of thiocarbonyl (C=S) groups is 1. The standard InChI is InChI=1S/C12H18N2O3S2/c1-8-6-10(12(13)18)4-5-11(8)19(16,17)14(3)7-9(2)15/h4-6,9,15H,7H2,1-3H3,(H2,13,18). The Kier molecular flexibility index (Phi) is 5.03. The topological polar surface area (TPSA) is 83.6 Å². The number of rotatable bonds is 5. The summed E-state index contributed by atoms with van der Waals surface area (Å²) in [5.74, 6) is 0. The predicted molar refractivity (Wildman–Crippen MR) is 78.6 cm³/mol. The van der Waals surface area contributed by atoms with Gasteiger partial charge in [-0.2, -0.15) is 4.31 Å². The van der Waals surface area contributed by atoms with E-state index < -0.39 is 16.1 Å². The Bertz CT molecular complexity index is 583. The van der Waals surface area contributed by atoms with Crippen LogP contribution in [-0.2, 0) is 10.0 Å². The van der Waals surface area contributed by atoms with Gasteiger partial charge in [-0.1, -0.05) is 18.3 Å². The third-order valence-corrected chi connectivity index (χ3v) is 4.89. The second-order valence-electron chi connectivity index (χ2n) is 4.48. The average molecular weight is 302 g/mol. The Morgan fingerprint density at radius 1 is 1.53 bits per heavy atom. The van der Waals surface area contributed by atoms with Gasteiger partial charge in [0.25, 0.3) is 0 Å². The van der Waals surface area contributed by atoms with E-state index in [2.05, 4.69) is 0 Å². The minimum absolute atomic E-state index is 0.0405. The van der Waals surface area contributed by atoms with Crippen LogP contribution in [-0.4, -0.2) is 42.5 Å². The molecule has 0 aromatic heterocycles. The zero-order valence-electron chi connectivity index (χ0n) is 11.1. The first-order valence-corrected chi connectivity index (χ1v) is 7.56. The predicted octanol–water partition coefficient (Wildman–Crippen LogP) is 0.631. The Morgan fingerprint density at radius 3 is 2.53 bits per heavy atom. The molecule has 19 heavy (non-hydrogen) atoms. The Balaban J connectivity index is 3.19. The summed E-state index contributed by atoms with van der Waals surface area (Å²) in [5.41, 5.74) is 6.71. The van der Waals surface area contributed by atoms with Crippen molar-refractivity contribution in [2.75, 3.05) is 13.6 Å². The summed E-state index contributed by atoms with van der Waals surface area (Å²) in [4.78, 5) is 0.417. The van der Waals surface area contributed by atoms with Crippen LogP contribution in [0.3, 0.4) is 0 Å². The zero-order chi connectivity index (χ0) is 14.8. The molecule has 0 bridgehead atoms. The maximum Gasteiger partial charge on any atom is 0.243 e. The van der Waals surface area contributed by atoms with E-state index in [1.165, 1.54) is 20.0 Å². The first-order valence-electron chi connectivity index (χ1n) is 5.71. The minimum atomic E-state index is -3.62. The van der Waals surface area contributed by atoms with Crippen LogP contribution < -0.4 is 5.73 Å². The van der Waals surface area contributed by atoms with Crippen molar-refractivity contribution in [1.29, 1.82) is 0 Å². The lowest BCUT2D eigenvalue weighted by atomic mass is 10.1. The van der Waals surface area contributed by atoms with Crippen LogP contribution in [0.4, 0.5) is 0 Å². The molecule has 0 aliphatic rings. The van der Waals surface area contributed by atoms with E-state index in [4.69, 9.17) is 18.0 Å². The largest absolute Gasteiger partial charge is 0.392 e. The van der Waals surface area contributed by atoms with Gasteiger partial charge in [-0.05, 0) is 31.5 Å². The summed E-state index contributed by atoms with van der Waals surface area (Å²) in [6.07, 6.45) is -0.726. The van der Waals surface area contributed by atoms with Crippen molar-refractivity contribution in [3.05, 3.63) is 29.3 Å². The fraction of sp³-hybridized carbons (Fsp3) is 0.417. The normalized spacial score (nSPS) is 13.5. The third-order valence-electron chi connectivity index (χ3n) is 2.67. The molecule has 0 saturated heterocycles. The van der Waals surface area contributed by atoms with Crippen molar-refractivity contribution >= 4 is 27.2 Å². The molecule has 0 aliphatic carbocycles. The fourth-order valence-corrected chi connectivity index (χ4v) is 3.31. The molecule has 1 rings (SSSR count). The van der Waals surface area contributed by atoms with E-state index in [1.807, 2.05) is 0 Å². The maximum absolute atomic E-state index is 12.3. The third kappa shape index (κ3) is 3.73. The molecular formula is C12H18N2O3S2. The lowest BCUT2D eigenvalue weighted by Crippen LogP contribution is -2.33. The molecule has 1 aromatic carbocycles. The van der Waals surface area contributed by atoms with Gasteiger partial charge in [0.1, 0.15) is 4.99 Å². The van der Waals surface area contributed by atoms with E-state index in [0.29, 0.717) is 11.1 Å². The van der Waals surface area contributed by atoms with Crippen LogP contribution >= 0.6 is 12.2 Å². The summed E-state index contributed by atoms with van der Waals surface area (Å²) in [5, 5.41) is 9.28. The van der Waals surface area contributed by atoms with E-state index in [1.54, 1.807) is 19.1 Å². The van der Waals surface area contributed by atoms with Crippen LogP contribution in [0.15, 0.2) is 23.1 Å². The van der Waals surface area contributed by atoms with Crippen LogP contribution in [0.1, 0.15) is 18.1 Å². The highest BCUT2D eigenvalue weighted by Gasteiger charge is 2.23. The number of hydrogen-bond donors (Lipinski definition) is 2. The van der Waals surface area contributed by atoms with Crippen molar-refractivity contribution in [2.24, 2.45) is 5.73 Å². The number of nitrogens with zero attached hydrogens (tertiary/aromatic N) is 1. The quantitative estimate of drug-likeness (QED) is 0.780. The number of likely N-dealkylation sites (N-methyl/N-ethyl adjacent to an activating group) is 1. The number of nitrogens with two attached hydrogens (primary N) is 1. The molecule has 106 valence electrons. The highest BCUT2D eigenvalue weighted by Crippen LogP contribution is 2.20. The van der Waals surface area contributed by atoms with Gasteiger partial charge in [-0.15, -0.1) is 0 Å². The molecule has 0 heterocycles. The summed E-state index contributed by atoms with van der Waals surface area (Å²) < 4.78 is 25.8. The van der Waals surface area contributed by atoms with Gasteiger partial charge in [-0.25, -0.2) is 8.42 Å². The van der Waals surface area contributed by atoms with Crippen molar-refractivity contribution in [2.45, 2.75) is 24.8 Å². The van der Waals surface area contributed by atoms with Gasteiger partial charge in [0.2, 0.25) is 10.0 Å². The molecule has 0 spiro atoms. The Labute approximate surface area is 119 Å². The molecule has 0 saturated carbocycles.